The number of nitrogens with zero attached hydrogens (tertiary/aromatic N) is 8. The fraction of sp³-hybridized carbons (Fsp3) is 0.529. The Hall–Kier alpha value is -3.84. The van der Waals surface area contributed by atoms with Crippen molar-refractivity contribution in [2.45, 2.75) is 25.9 Å². The van der Waals surface area contributed by atoms with E-state index in [-0.39, 0.29) is 61.9 Å². The first kappa shape index (κ1) is 32.1. The van der Waals surface area contributed by atoms with E-state index in [4.69, 9.17) is 0 Å². The van der Waals surface area contributed by atoms with Gasteiger partial charge in [0.05, 0.1) is 39.5 Å². The molecule has 0 aliphatic carbocycles. The minimum atomic E-state index is -0.204. The van der Waals surface area contributed by atoms with Crippen LogP contribution in [0.2, 0.25) is 0 Å². The maximum atomic E-state index is 13.2. The largest absolute Gasteiger partial charge is 0.369 e. The molecule has 0 spiro atoms. The summed E-state index contributed by atoms with van der Waals surface area (Å²) in [5.41, 5.74) is 2.38. The van der Waals surface area contributed by atoms with Crippen molar-refractivity contribution in [3.63, 3.8) is 0 Å². The van der Waals surface area contributed by atoms with Gasteiger partial charge in [-0.25, -0.2) is 0 Å². The molecule has 0 N–H and O–H groups in total. The molecule has 12 heteroatoms. The molecule has 0 saturated carbocycles. The molecule has 4 aliphatic heterocycles. The van der Waals surface area contributed by atoms with E-state index < -0.39 is 0 Å². The van der Waals surface area contributed by atoms with Crippen molar-refractivity contribution in [3.8, 4) is 0 Å². The average Bonchev–Trinajstić information content (AvgIpc) is 3.08. The van der Waals surface area contributed by atoms with Crippen LogP contribution in [0.15, 0.2) is 60.7 Å². The van der Waals surface area contributed by atoms with E-state index in [1.807, 2.05) is 60.0 Å². The molecule has 2 aromatic carbocycles. The summed E-state index contributed by atoms with van der Waals surface area (Å²) in [5.74, 6) is -0.814. The maximum Gasteiger partial charge on any atom is 0.244 e. The van der Waals surface area contributed by atoms with Gasteiger partial charge >= 0.3 is 0 Å². The van der Waals surface area contributed by atoms with Crippen molar-refractivity contribution in [2.24, 2.45) is 0 Å². The van der Waals surface area contributed by atoms with Crippen LogP contribution in [-0.2, 0) is 19.2 Å². The third kappa shape index (κ3) is 7.25. The van der Waals surface area contributed by atoms with Crippen LogP contribution in [0.3, 0.4) is 0 Å². The van der Waals surface area contributed by atoms with Gasteiger partial charge in [0.1, 0.15) is 0 Å². The Morgan fingerprint density at radius 3 is 1.09 bits per heavy atom. The Kier molecular flexibility index (Phi) is 9.98. The molecule has 12 nitrogen and oxygen atoms in total. The summed E-state index contributed by atoms with van der Waals surface area (Å²) >= 11 is 0. The Bertz CT molecular complexity index is 1240. The van der Waals surface area contributed by atoms with Crippen LogP contribution < -0.4 is 9.80 Å². The minimum absolute atomic E-state index is 0.137. The summed E-state index contributed by atoms with van der Waals surface area (Å²) in [7, 11) is 0. The van der Waals surface area contributed by atoms with Crippen molar-refractivity contribution < 1.29 is 19.2 Å². The molecular weight excluding hydrogens is 584 g/mol. The van der Waals surface area contributed by atoms with E-state index in [0.29, 0.717) is 13.3 Å². The molecule has 4 aliphatic rings. The Balaban J connectivity index is 0.957. The summed E-state index contributed by atoms with van der Waals surface area (Å²) in [6, 6.07) is 20.2. The molecule has 4 fully saturated rings. The number of amides is 4. The van der Waals surface area contributed by atoms with E-state index in [2.05, 4.69) is 43.9 Å². The summed E-state index contributed by atoms with van der Waals surface area (Å²) in [4.78, 5) is 68.3. The third-order valence-electron chi connectivity index (χ3n) is 10.1. The van der Waals surface area contributed by atoms with Crippen LogP contribution in [0.25, 0.3) is 0 Å². The standard InChI is InChI=1S/C34H46N8O4/c1-27(39-21-31(43)41(32(44)22-39)25-35-13-17-37(18-14-35)29-9-5-3-6-10-29)28(2)40-23-33(45)42(34(46)24-40)26-36-15-19-38(20-16-36)30-11-7-4-8-12-30/h3-12,27-28H,13-26H2,1-2H3. The number of carbonyl (C=O) groups excluding carboxylic acids is 4. The molecule has 0 bridgehead atoms. The highest BCUT2D eigenvalue weighted by molar-refractivity contribution is 6.00. The molecule has 46 heavy (non-hydrogen) atoms. The number of hydrogen-bond acceptors (Lipinski definition) is 10. The van der Waals surface area contributed by atoms with Crippen molar-refractivity contribution >= 4 is 35.0 Å². The first-order valence-electron chi connectivity index (χ1n) is 16.5. The molecule has 2 unspecified atom stereocenters. The maximum absolute atomic E-state index is 13.2. The van der Waals surface area contributed by atoms with E-state index in [9.17, 15) is 19.2 Å². The van der Waals surface area contributed by atoms with Gasteiger partial charge in [-0.1, -0.05) is 36.4 Å². The van der Waals surface area contributed by atoms with Crippen LogP contribution in [-0.4, -0.2) is 157 Å². The first-order chi connectivity index (χ1) is 22.3. The predicted octanol–water partition coefficient (Wildman–Crippen LogP) is 0.664. The van der Waals surface area contributed by atoms with E-state index in [0.717, 1.165) is 52.4 Å². The number of imide groups is 2. The van der Waals surface area contributed by atoms with Gasteiger partial charge in [0.2, 0.25) is 23.6 Å². The van der Waals surface area contributed by atoms with Gasteiger partial charge in [-0.2, -0.15) is 0 Å². The Labute approximate surface area is 271 Å². The van der Waals surface area contributed by atoms with Gasteiger partial charge < -0.3 is 9.80 Å². The number of hydrogen-bond donors (Lipinski definition) is 0. The van der Waals surface area contributed by atoms with Gasteiger partial charge in [-0.3, -0.25) is 48.6 Å². The Morgan fingerprint density at radius 2 is 0.783 bits per heavy atom. The number of rotatable bonds is 9. The average molecular weight is 631 g/mol. The van der Waals surface area contributed by atoms with Gasteiger partial charge in [-0.15, -0.1) is 0 Å². The fourth-order valence-corrected chi connectivity index (χ4v) is 6.90. The SMILES string of the molecule is CC(C(C)N1CC(=O)N(CN2CCN(c3ccccc3)CC2)C(=O)C1)N1CC(=O)N(CN2CCN(c3ccccc3)CC2)C(=O)C1. The van der Waals surface area contributed by atoms with Crippen molar-refractivity contribution in [1.29, 1.82) is 0 Å². The number of piperazine rings is 4. The summed E-state index contributed by atoms with van der Waals surface area (Å²) in [6.07, 6.45) is 0. The van der Waals surface area contributed by atoms with Gasteiger partial charge in [-0.05, 0) is 38.1 Å². The second kappa shape index (κ2) is 14.3. The number of para-hydroxylation sites is 2. The molecule has 2 aromatic rings. The van der Waals surface area contributed by atoms with Crippen LogP contribution in [0.5, 0.6) is 0 Å². The highest BCUT2D eigenvalue weighted by Crippen LogP contribution is 2.21. The molecule has 0 aromatic heterocycles. The molecular formula is C34H46N8O4. The second-order valence-electron chi connectivity index (χ2n) is 12.9. The third-order valence-corrected chi connectivity index (χ3v) is 10.1. The topological polar surface area (TPSA) is 94.2 Å². The normalized spacial score (nSPS) is 22.9. The van der Waals surface area contributed by atoms with E-state index >= 15 is 0 Å². The smallest absolute Gasteiger partial charge is 0.244 e. The lowest BCUT2D eigenvalue weighted by Crippen LogP contribution is -2.64. The lowest BCUT2D eigenvalue weighted by atomic mass is 10.1. The number of anilines is 2. The van der Waals surface area contributed by atoms with Crippen molar-refractivity contribution in [3.05, 3.63) is 60.7 Å². The molecule has 4 amide bonds. The van der Waals surface area contributed by atoms with E-state index in [1.165, 1.54) is 21.2 Å². The lowest BCUT2D eigenvalue weighted by Gasteiger charge is -2.45. The first-order valence-corrected chi connectivity index (χ1v) is 16.5. The number of benzene rings is 2. The van der Waals surface area contributed by atoms with Crippen LogP contribution in [0, 0.1) is 0 Å². The number of carbonyl (C=O) groups is 4. The van der Waals surface area contributed by atoms with Crippen LogP contribution in [0.1, 0.15) is 13.8 Å². The summed E-state index contributed by atoms with van der Waals surface area (Å²) in [6.45, 7) is 11.6. The Morgan fingerprint density at radius 1 is 0.478 bits per heavy atom. The molecule has 4 heterocycles. The highest BCUT2D eigenvalue weighted by Gasteiger charge is 2.40. The quantitative estimate of drug-likeness (QED) is 0.368. The molecule has 0 radical (unpaired) electrons. The van der Waals surface area contributed by atoms with Crippen LogP contribution >= 0.6 is 0 Å². The molecule has 6 rings (SSSR count). The second-order valence-corrected chi connectivity index (χ2v) is 12.9. The monoisotopic (exact) mass is 630 g/mol. The fourth-order valence-electron chi connectivity index (χ4n) is 6.90. The lowest BCUT2D eigenvalue weighted by molar-refractivity contribution is -0.160. The molecule has 2 atom stereocenters. The highest BCUT2D eigenvalue weighted by atomic mass is 16.2. The predicted molar refractivity (Wildman–Crippen MR) is 176 cm³/mol. The summed E-state index contributed by atoms with van der Waals surface area (Å²) < 4.78 is 0. The summed E-state index contributed by atoms with van der Waals surface area (Å²) in [5, 5.41) is 0. The van der Waals surface area contributed by atoms with Crippen molar-refractivity contribution in [2.75, 3.05) is 102 Å². The zero-order valence-electron chi connectivity index (χ0n) is 27.0. The zero-order chi connectivity index (χ0) is 32.2. The zero-order valence-corrected chi connectivity index (χ0v) is 27.0. The van der Waals surface area contributed by atoms with Crippen molar-refractivity contribution in [1.82, 2.24) is 29.4 Å². The van der Waals surface area contributed by atoms with Gasteiger partial charge in [0.25, 0.3) is 0 Å². The van der Waals surface area contributed by atoms with Gasteiger partial charge in [0.15, 0.2) is 0 Å². The van der Waals surface area contributed by atoms with E-state index in [1.54, 1.807) is 0 Å². The minimum Gasteiger partial charge on any atom is -0.369 e. The molecule has 246 valence electrons. The van der Waals surface area contributed by atoms with Crippen LogP contribution in [0.4, 0.5) is 11.4 Å². The molecule has 4 saturated heterocycles. The van der Waals surface area contributed by atoms with Gasteiger partial charge in [0, 0.05) is 75.8 Å².